The zero-order chi connectivity index (χ0) is 17.8. The minimum absolute atomic E-state index is 0.108. The Labute approximate surface area is 151 Å². The van der Waals surface area contributed by atoms with E-state index in [1.807, 2.05) is 42.5 Å². The van der Waals surface area contributed by atoms with Crippen molar-refractivity contribution in [2.24, 2.45) is 0 Å². The molecule has 0 atom stereocenters. The van der Waals surface area contributed by atoms with Gasteiger partial charge < -0.3 is 29.7 Å². The molecule has 0 bridgehead atoms. The third-order valence-electron chi connectivity index (χ3n) is 4.36. The van der Waals surface area contributed by atoms with E-state index in [-0.39, 0.29) is 19.2 Å². The second-order valence-corrected chi connectivity index (χ2v) is 6.09. The normalized spacial score (nSPS) is 15.6. The van der Waals surface area contributed by atoms with E-state index in [0.717, 1.165) is 35.9 Å². The fourth-order valence-electron chi connectivity index (χ4n) is 3.04. The van der Waals surface area contributed by atoms with Crippen LogP contribution >= 0.6 is 0 Å². The van der Waals surface area contributed by atoms with Gasteiger partial charge in [-0.05, 0) is 24.3 Å². The number of hydrogen-bond donors (Lipinski definition) is 2. The third kappa shape index (κ3) is 3.67. The summed E-state index contributed by atoms with van der Waals surface area (Å²) in [6, 6.07) is 13.4. The lowest BCUT2D eigenvalue weighted by Gasteiger charge is -2.30. The molecule has 2 aromatic carbocycles. The highest BCUT2D eigenvalue weighted by Crippen LogP contribution is 2.34. The Bertz CT molecular complexity index is 790. The first-order valence-corrected chi connectivity index (χ1v) is 8.65. The van der Waals surface area contributed by atoms with Gasteiger partial charge in [0.1, 0.15) is 0 Å². The summed E-state index contributed by atoms with van der Waals surface area (Å²) < 4.78 is 16.0. The molecule has 2 aliphatic heterocycles. The minimum Gasteiger partial charge on any atom is -0.454 e. The van der Waals surface area contributed by atoms with Crippen LogP contribution in [0.4, 0.5) is 17.1 Å². The first-order valence-electron chi connectivity index (χ1n) is 8.65. The van der Waals surface area contributed by atoms with Crippen LogP contribution in [0.15, 0.2) is 42.5 Å². The van der Waals surface area contributed by atoms with E-state index in [2.05, 4.69) is 15.5 Å². The van der Waals surface area contributed by atoms with Gasteiger partial charge in [-0.1, -0.05) is 12.1 Å². The maximum absolute atomic E-state index is 12.4. The van der Waals surface area contributed by atoms with Crippen LogP contribution in [-0.2, 0) is 9.53 Å². The van der Waals surface area contributed by atoms with E-state index >= 15 is 0 Å². The standard InChI is InChI=1S/C19H21N3O4/c23-19(12-20-14-5-6-17-18(11-14)26-13-25-17)21-15-3-1-2-4-16(15)22-7-9-24-10-8-22/h1-6,11,20H,7-10,12-13H2,(H,21,23). The zero-order valence-electron chi connectivity index (χ0n) is 14.4. The molecule has 4 rings (SSSR count). The van der Waals surface area contributed by atoms with Gasteiger partial charge in [0.05, 0.1) is 31.1 Å². The molecule has 2 aromatic rings. The second kappa shape index (κ2) is 7.53. The highest BCUT2D eigenvalue weighted by atomic mass is 16.7. The molecule has 7 heteroatoms. The number of ether oxygens (including phenoxy) is 3. The Kier molecular flexibility index (Phi) is 4.79. The number of nitrogens with one attached hydrogen (secondary N) is 2. The lowest BCUT2D eigenvalue weighted by atomic mass is 10.2. The van der Waals surface area contributed by atoms with Crippen LogP contribution < -0.4 is 25.0 Å². The van der Waals surface area contributed by atoms with Gasteiger partial charge in [-0.15, -0.1) is 0 Å². The predicted molar refractivity (Wildman–Crippen MR) is 99.2 cm³/mol. The van der Waals surface area contributed by atoms with Gasteiger partial charge in [-0.3, -0.25) is 4.79 Å². The number of anilines is 3. The molecule has 7 nitrogen and oxygen atoms in total. The van der Waals surface area contributed by atoms with Crippen molar-refractivity contribution >= 4 is 23.0 Å². The van der Waals surface area contributed by atoms with Crippen molar-refractivity contribution in [2.45, 2.75) is 0 Å². The first kappa shape index (κ1) is 16.5. The number of rotatable bonds is 5. The van der Waals surface area contributed by atoms with Crippen LogP contribution in [0.1, 0.15) is 0 Å². The fraction of sp³-hybridized carbons (Fsp3) is 0.316. The predicted octanol–water partition coefficient (Wildman–Crippen LogP) is 2.30. The molecular formula is C19H21N3O4. The third-order valence-corrected chi connectivity index (χ3v) is 4.36. The minimum atomic E-state index is -0.108. The molecule has 26 heavy (non-hydrogen) atoms. The molecule has 0 radical (unpaired) electrons. The van der Waals surface area contributed by atoms with E-state index in [4.69, 9.17) is 14.2 Å². The number of benzene rings is 2. The van der Waals surface area contributed by atoms with Crippen molar-refractivity contribution in [1.29, 1.82) is 0 Å². The van der Waals surface area contributed by atoms with Crippen molar-refractivity contribution in [2.75, 3.05) is 55.2 Å². The maximum Gasteiger partial charge on any atom is 0.243 e. The fourth-order valence-corrected chi connectivity index (χ4v) is 3.04. The smallest absolute Gasteiger partial charge is 0.243 e. The molecule has 0 spiro atoms. The number of amides is 1. The van der Waals surface area contributed by atoms with Gasteiger partial charge in [0, 0.05) is 24.8 Å². The van der Waals surface area contributed by atoms with Gasteiger partial charge in [-0.2, -0.15) is 0 Å². The summed E-state index contributed by atoms with van der Waals surface area (Å²) in [5, 5.41) is 6.10. The molecule has 136 valence electrons. The van der Waals surface area contributed by atoms with Crippen molar-refractivity contribution in [1.82, 2.24) is 0 Å². The molecule has 0 saturated carbocycles. The van der Waals surface area contributed by atoms with Gasteiger partial charge in [-0.25, -0.2) is 0 Å². The average Bonchev–Trinajstić information content (AvgIpc) is 3.15. The van der Waals surface area contributed by atoms with Crippen molar-refractivity contribution < 1.29 is 19.0 Å². The second-order valence-electron chi connectivity index (χ2n) is 6.09. The van der Waals surface area contributed by atoms with Gasteiger partial charge in [0.15, 0.2) is 11.5 Å². The number of carbonyl (C=O) groups is 1. The first-order chi connectivity index (χ1) is 12.8. The largest absolute Gasteiger partial charge is 0.454 e. The van der Waals surface area contributed by atoms with Gasteiger partial charge >= 0.3 is 0 Å². The van der Waals surface area contributed by atoms with E-state index in [1.165, 1.54) is 0 Å². The number of morpholine rings is 1. The summed E-state index contributed by atoms with van der Waals surface area (Å²) in [5.74, 6) is 1.30. The molecule has 0 aliphatic carbocycles. The van der Waals surface area contributed by atoms with Crippen molar-refractivity contribution in [3.63, 3.8) is 0 Å². The molecule has 1 amide bonds. The molecule has 2 heterocycles. The van der Waals surface area contributed by atoms with E-state index < -0.39 is 0 Å². The monoisotopic (exact) mass is 355 g/mol. The maximum atomic E-state index is 12.4. The number of hydrogen-bond acceptors (Lipinski definition) is 6. The molecule has 2 aliphatic rings. The SMILES string of the molecule is O=C(CNc1ccc2c(c1)OCO2)Nc1ccccc1N1CCOCC1. The van der Waals surface area contributed by atoms with Crippen molar-refractivity contribution in [3.05, 3.63) is 42.5 Å². The molecule has 2 N–H and O–H groups in total. The summed E-state index contributed by atoms with van der Waals surface area (Å²) in [4.78, 5) is 14.6. The van der Waals surface area contributed by atoms with Crippen LogP contribution in [0, 0.1) is 0 Å². The Morgan fingerprint density at radius 2 is 1.85 bits per heavy atom. The van der Waals surface area contributed by atoms with E-state index in [1.54, 1.807) is 0 Å². The Balaban J connectivity index is 1.37. The van der Waals surface area contributed by atoms with Crippen LogP contribution in [0.5, 0.6) is 11.5 Å². The molecule has 0 aromatic heterocycles. The summed E-state index contributed by atoms with van der Waals surface area (Å²) in [6.07, 6.45) is 0. The molecule has 0 unspecified atom stereocenters. The van der Waals surface area contributed by atoms with Crippen LogP contribution in [0.2, 0.25) is 0 Å². The Morgan fingerprint density at radius 3 is 2.73 bits per heavy atom. The zero-order valence-corrected chi connectivity index (χ0v) is 14.4. The van der Waals surface area contributed by atoms with E-state index in [0.29, 0.717) is 19.0 Å². The van der Waals surface area contributed by atoms with Crippen LogP contribution in [0.25, 0.3) is 0 Å². The number of fused-ring (bicyclic) bond motifs is 1. The average molecular weight is 355 g/mol. The summed E-state index contributed by atoms with van der Waals surface area (Å²) >= 11 is 0. The van der Waals surface area contributed by atoms with Gasteiger partial charge in [0.2, 0.25) is 12.7 Å². The summed E-state index contributed by atoms with van der Waals surface area (Å²) in [5.41, 5.74) is 2.64. The summed E-state index contributed by atoms with van der Waals surface area (Å²) in [6.45, 7) is 3.45. The number of para-hydroxylation sites is 2. The Hall–Kier alpha value is -2.93. The summed E-state index contributed by atoms with van der Waals surface area (Å²) in [7, 11) is 0. The van der Waals surface area contributed by atoms with Crippen LogP contribution in [0.3, 0.4) is 0 Å². The highest BCUT2D eigenvalue weighted by Gasteiger charge is 2.16. The lowest BCUT2D eigenvalue weighted by Crippen LogP contribution is -2.37. The van der Waals surface area contributed by atoms with Crippen molar-refractivity contribution in [3.8, 4) is 11.5 Å². The topological polar surface area (TPSA) is 72.1 Å². The van der Waals surface area contributed by atoms with Crippen LogP contribution in [-0.4, -0.2) is 45.5 Å². The molecule has 1 saturated heterocycles. The van der Waals surface area contributed by atoms with Gasteiger partial charge in [0.25, 0.3) is 0 Å². The number of carbonyl (C=O) groups excluding carboxylic acids is 1. The molecular weight excluding hydrogens is 334 g/mol. The number of nitrogens with zero attached hydrogens (tertiary/aromatic N) is 1. The quantitative estimate of drug-likeness (QED) is 0.858. The Morgan fingerprint density at radius 1 is 1.04 bits per heavy atom. The molecule has 1 fully saturated rings. The highest BCUT2D eigenvalue weighted by molar-refractivity contribution is 5.96. The van der Waals surface area contributed by atoms with E-state index in [9.17, 15) is 4.79 Å². The lowest BCUT2D eigenvalue weighted by molar-refractivity contribution is -0.114.